The molecule has 0 unspecified atom stereocenters. The van der Waals surface area contributed by atoms with Gasteiger partial charge in [0.15, 0.2) is 0 Å². The van der Waals surface area contributed by atoms with Gasteiger partial charge in [0.1, 0.15) is 0 Å². The third kappa shape index (κ3) is 0.938. The summed E-state index contributed by atoms with van der Waals surface area (Å²) in [5.74, 6) is 0.728. The first-order chi connectivity index (χ1) is 7.01. The van der Waals surface area contributed by atoms with Crippen molar-refractivity contribution in [2.75, 3.05) is 0 Å². The Balaban J connectivity index is 2.10. The minimum absolute atomic E-state index is 0.0256. The SMILES string of the molecule is C[C@]12CCCC[C@@H]3[C@H]1[C@H](O)C[C@@]2(C)[C@@H]3O. The lowest BCUT2D eigenvalue weighted by atomic mass is 9.65. The Morgan fingerprint density at radius 2 is 1.80 bits per heavy atom. The molecule has 0 aromatic carbocycles. The first-order valence-electron chi connectivity index (χ1n) is 6.37. The normalized spacial score (nSPS) is 63.2. The maximum atomic E-state index is 10.4. The summed E-state index contributed by atoms with van der Waals surface area (Å²) in [6, 6.07) is 0. The molecule has 0 saturated heterocycles. The molecule has 15 heavy (non-hydrogen) atoms. The Bertz CT molecular complexity index is 290. The van der Waals surface area contributed by atoms with E-state index >= 15 is 0 Å². The fourth-order valence-corrected chi connectivity index (χ4v) is 5.15. The first-order valence-corrected chi connectivity index (χ1v) is 6.37. The highest BCUT2D eigenvalue weighted by atomic mass is 16.3. The van der Waals surface area contributed by atoms with Crippen LogP contribution in [0.25, 0.3) is 0 Å². The highest BCUT2D eigenvalue weighted by molar-refractivity contribution is 5.19. The molecule has 0 aliphatic heterocycles. The van der Waals surface area contributed by atoms with Crippen LogP contribution in [0.15, 0.2) is 0 Å². The molecule has 2 heteroatoms. The van der Waals surface area contributed by atoms with Crippen LogP contribution in [-0.4, -0.2) is 22.4 Å². The molecule has 86 valence electrons. The topological polar surface area (TPSA) is 40.5 Å². The van der Waals surface area contributed by atoms with Crippen LogP contribution in [0.5, 0.6) is 0 Å². The monoisotopic (exact) mass is 210 g/mol. The summed E-state index contributed by atoms with van der Waals surface area (Å²) >= 11 is 0. The van der Waals surface area contributed by atoms with Crippen molar-refractivity contribution in [2.24, 2.45) is 22.7 Å². The van der Waals surface area contributed by atoms with E-state index in [0.717, 1.165) is 12.8 Å². The van der Waals surface area contributed by atoms with Crippen LogP contribution in [0.4, 0.5) is 0 Å². The van der Waals surface area contributed by atoms with Gasteiger partial charge < -0.3 is 10.2 Å². The van der Waals surface area contributed by atoms with Crippen LogP contribution in [0, 0.1) is 22.7 Å². The minimum atomic E-state index is -0.170. The summed E-state index contributed by atoms with van der Waals surface area (Å²) < 4.78 is 0. The molecule has 0 spiro atoms. The Hall–Kier alpha value is -0.0800. The average Bonchev–Trinajstić information content (AvgIpc) is 2.43. The van der Waals surface area contributed by atoms with Gasteiger partial charge in [-0.15, -0.1) is 0 Å². The van der Waals surface area contributed by atoms with Gasteiger partial charge >= 0.3 is 0 Å². The zero-order valence-electron chi connectivity index (χ0n) is 9.74. The number of hydrogen-bond acceptors (Lipinski definition) is 2. The predicted octanol–water partition coefficient (Wildman–Crippen LogP) is 1.94. The molecular weight excluding hydrogens is 188 g/mol. The summed E-state index contributed by atoms with van der Waals surface area (Å²) in [4.78, 5) is 0. The number of aliphatic hydroxyl groups is 2. The summed E-state index contributed by atoms with van der Waals surface area (Å²) in [6.07, 6.45) is 5.30. The van der Waals surface area contributed by atoms with Crippen molar-refractivity contribution in [1.29, 1.82) is 0 Å². The quantitative estimate of drug-likeness (QED) is 0.641. The van der Waals surface area contributed by atoms with Gasteiger partial charge in [0.2, 0.25) is 0 Å². The van der Waals surface area contributed by atoms with Gasteiger partial charge in [-0.2, -0.15) is 0 Å². The van der Waals surface area contributed by atoms with Crippen LogP contribution in [0.2, 0.25) is 0 Å². The van der Waals surface area contributed by atoms with E-state index < -0.39 is 0 Å². The van der Waals surface area contributed by atoms with Crippen molar-refractivity contribution >= 4 is 0 Å². The molecule has 3 fully saturated rings. The molecule has 2 nitrogen and oxygen atoms in total. The lowest BCUT2D eigenvalue weighted by Crippen LogP contribution is -2.41. The van der Waals surface area contributed by atoms with E-state index in [2.05, 4.69) is 13.8 Å². The van der Waals surface area contributed by atoms with Crippen molar-refractivity contribution in [1.82, 2.24) is 0 Å². The molecule has 3 saturated carbocycles. The van der Waals surface area contributed by atoms with Crippen molar-refractivity contribution in [3.05, 3.63) is 0 Å². The number of rotatable bonds is 0. The number of hydrogen-bond donors (Lipinski definition) is 2. The maximum absolute atomic E-state index is 10.4. The summed E-state index contributed by atoms with van der Waals surface area (Å²) in [6.45, 7) is 4.51. The molecule has 0 aromatic heterocycles. The zero-order chi connectivity index (χ0) is 10.8. The Morgan fingerprint density at radius 1 is 1.07 bits per heavy atom. The van der Waals surface area contributed by atoms with Crippen LogP contribution in [-0.2, 0) is 0 Å². The van der Waals surface area contributed by atoms with Gasteiger partial charge in [0, 0.05) is 5.41 Å². The molecule has 2 N–H and O–H groups in total. The molecule has 4 bridgehead atoms. The van der Waals surface area contributed by atoms with E-state index in [1.54, 1.807) is 0 Å². The van der Waals surface area contributed by atoms with E-state index in [0.29, 0.717) is 11.8 Å². The maximum Gasteiger partial charge on any atom is 0.0632 e. The average molecular weight is 210 g/mol. The van der Waals surface area contributed by atoms with E-state index in [1.807, 2.05) is 0 Å². The Kier molecular flexibility index (Phi) is 1.87. The van der Waals surface area contributed by atoms with Gasteiger partial charge in [-0.25, -0.2) is 0 Å². The molecule has 3 rings (SSSR count). The second-order valence-electron chi connectivity index (χ2n) is 6.49. The van der Waals surface area contributed by atoms with Crippen molar-refractivity contribution in [2.45, 2.75) is 58.2 Å². The fourth-order valence-electron chi connectivity index (χ4n) is 5.15. The molecule has 0 heterocycles. The van der Waals surface area contributed by atoms with Gasteiger partial charge in [0.25, 0.3) is 0 Å². The van der Waals surface area contributed by atoms with Crippen molar-refractivity contribution in [3.8, 4) is 0 Å². The molecular formula is C13H22O2. The van der Waals surface area contributed by atoms with Gasteiger partial charge in [-0.1, -0.05) is 26.7 Å². The van der Waals surface area contributed by atoms with E-state index in [-0.39, 0.29) is 23.0 Å². The van der Waals surface area contributed by atoms with Crippen LogP contribution in [0.1, 0.15) is 46.0 Å². The predicted molar refractivity (Wildman–Crippen MR) is 58.3 cm³/mol. The third-order valence-electron chi connectivity index (χ3n) is 6.09. The van der Waals surface area contributed by atoms with E-state index in [1.165, 1.54) is 19.3 Å². The molecule has 0 amide bonds. The van der Waals surface area contributed by atoms with E-state index in [9.17, 15) is 10.2 Å². The largest absolute Gasteiger partial charge is 0.393 e. The molecule has 0 aromatic rings. The summed E-state index contributed by atoms with van der Waals surface area (Å²) in [5, 5.41) is 20.6. The highest BCUT2D eigenvalue weighted by Gasteiger charge is 2.70. The first kappa shape index (κ1) is 10.1. The zero-order valence-corrected chi connectivity index (χ0v) is 9.74. The summed E-state index contributed by atoms with van der Waals surface area (Å²) in [5.41, 5.74) is 0.162. The third-order valence-corrected chi connectivity index (χ3v) is 6.09. The smallest absolute Gasteiger partial charge is 0.0632 e. The molecule has 3 aliphatic carbocycles. The van der Waals surface area contributed by atoms with Crippen LogP contribution < -0.4 is 0 Å². The fraction of sp³-hybridized carbons (Fsp3) is 1.00. The van der Waals surface area contributed by atoms with Crippen molar-refractivity contribution < 1.29 is 10.2 Å². The van der Waals surface area contributed by atoms with Gasteiger partial charge in [0.05, 0.1) is 12.2 Å². The second-order valence-corrected chi connectivity index (χ2v) is 6.49. The van der Waals surface area contributed by atoms with Crippen LogP contribution in [0.3, 0.4) is 0 Å². The Labute approximate surface area is 91.7 Å². The molecule has 6 atom stereocenters. The van der Waals surface area contributed by atoms with Gasteiger partial charge in [-0.05, 0) is 36.5 Å². The number of aliphatic hydroxyl groups excluding tert-OH is 2. The second kappa shape index (κ2) is 2.78. The standard InChI is InChI=1S/C13H22O2/c1-12-6-4-3-5-8-10(12)9(14)7-13(12,2)11(8)15/h8-11,14-15H,3-7H2,1-2H3/t8-,9-,10+,11-,12+,13+/m1/s1. The molecule has 3 aliphatic rings. The van der Waals surface area contributed by atoms with Crippen LogP contribution >= 0.6 is 0 Å². The van der Waals surface area contributed by atoms with Crippen molar-refractivity contribution in [3.63, 3.8) is 0 Å². The van der Waals surface area contributed by atoms with Gasteiger partial charge in [-0.3, -0.25) is 0 Å². The summed E-state index contributed by atoms with van der Waals surface area (Å²) in [7, 11) is 0. The molecule has 0 radical (unpaired) electrons. The Morgan fingerprint density at radius 3 is 2.53 bits per heavy atom. The highest BCUT2D eigenvalue weighted by Crippen LogP contribution is 2.71. The lowest BCUT2D eigenvalue weighted by molar-refractivity contribution is -0.0490. The minimum Gasteiger partial charge on any atom is -0.393 e. The lowest BCUT2D eigenvalue weighted by Gasteiger charge is -2.40. The van der Waals surface area contributed by atoms with E-state index in [4.69, 9.17) is 0 Å².